The van der Waals surface area contributed by atoms with E-state index in [0.717, 1.165) is 29.6 Å². The predicted molar refractivity (Wildman–Crippen MR) is 68.7 cm³/mol. The maximum Gasteiger partial charge on any atom is 0.0890 e. The van der Waals surface area contributed by atoms with E-state index < -0.39 is 0 Å². The van der Waals surface area contributed by atoms with Crippen molar-refractivity contribution in [1.29, 1.82) is 0 Å². The summed E-state index contributed by atoms with van der Waals surface area (Å²) in [6.07, 6.45) is 6.73. The van der Waals surface area contributed by atoms with Crippen LogP contribution in [-0.4, -0.2) is 16.5 Å². The molecular formula is C14H17N3. The van der Waals surface area contributed by atoms with E-state index in [0.29, 0.717) is 6.54 Å². The van der Waals surface area contributed by atoms with Crippen LogP contribution in [0.1, 0.15) is 31.4 Å². The molecule has 0 bridgehead atoms. The first-order valence-corrected chi connectivity index (χ1v) is 6.26. The molecule has 0 atom stereocenters. The van der Waals surface area contributed by atoms with Crippen LogP contribution in [0.4, 0.5) is 0 Å². The van der Waals surface area contributed by atoms with Crippen LogP contribution in [0, 0.1) is 0 Å². The van der Waals surface area contributed by atoms with Crippen LogP contribution in [0.3, 0.4) is 0 Å². The summed E-state index contributed by atoms with van der Waals surface area (Å²) in [5.41, 5.74) is 9.07. The number of hydrogen-bond acceptors (Lipinski definition) is 3. The van der Waals surface area contributed by atoms with Gasteiger partial charge in [0.05, 0.1) is 16.7 Å². The Morgan fingerprint density at radius 1 is 1.12 bits per heavy atom. The van der Waals surface area contributed by atoms with Gasteiger partial charge in [-0.25, -0.2) is 4.98 Å². The monoisotopic (exact) mass is 227 g/mol. The number of fused-ring (bicyclic) bond motifs is 1. The molecule has 1 heterocycles. The summed E-state index contributed by atoms with van der Waals surface area (Å²) < 4.78 is 0. The number of rotatable bonds is 2. The number of nitrogens with zero attached hydrogens (tertiary/aromatic N) is 2. The summed E-state index contributed by atoms with van der Waals surface area (Å²) in [4.78, 5) is 9.26. The fourth-order valence-corrected chi connectivity index (χ4v) is 2.83. The number of para-hydroxylation sites is 2. The average molecular weight is 227 g/mol. The molecule has 0 spiro atoms. The van der Waals surface area contributed by atoms with Gasteiger partial charge in [0.2, 0.25) is 0 Å². The zero-order chi connectivity index (χ0) is 11.7. The molecule has 0 unspecified atom stereocenters. The first-order valence-electron chi connectivity index (χ1n) is 6.26. The van der Waals surface area contributed by atoms with Crippen LogP contribution < -0.4 is 5.73 Å². The molecule has 3 heteroatoms. The van der Waals surface area contributed by atoms with E-state index in [1.807, 2.05) is 30.5 Å². The normalized spacial score (nSPS) is 18.6. The van der Waals surface area contributed by atoms with Crippen molar-refractivity contribution < 1.29 is 0 Å². The van der Waals surface area contributed by atoms with E-state index in [1.165, 1.54) is 12.8 Å². The lowest BCUT2D eigenvalue weighted by atomic mass is 9.83. The van der Waals surface area contributed by atoms with E-state index in [-0.39, 0.29) is 5.41 Å². The molecule has 0 saturated heterocycles. The molecule has 3 rings (SSSR count). The smallest absolute Gasteiger partial charge is 0.0890 e. The fraction of sp³-hybridized carbons (Fsp3) is 0.429. The number of nitrogens with two attached hydrogens (primary N) is 1. The van der Waals surface area contributed by atoms with Crippen LogP contribution in [0.25, 0.3) is 11.0 Å². The topological polar surface area (TPSA) is 51.8 Å². The van der Waals surface area contributed by atoms with Gasteiger partial charge >= 0.3 is 0 Å². The molecule has 0 radical (unpaired) electrons. The second-order valence-corrected chi connectivity index (χ2v) is 4.94. The molecule has 1 saturated carbocycles. The van der Waals surface area contributed by atoms with Gasteiger partial charge in [0.25, 0.3) is 0 Å². The Kier molecular flexibility index (Phi) is 2.56. The van der Waals surface area contributed by atoms with Gasteiger partial charge in [-0.15, -0.1) is 0 Å². The maximum atomic E-state index is 5.98. The molecule has 1 aliphatic rings. The predicted octanol–water partition coefficient (Wildman–Crippen LogP) is 2.40. The Morgan fingerprint density at radius 2 is 1.82 bits per heavy atom. The number of benzene rings is 1. The summed E-state index contributed by atoms with van der Waals surface area (Å²) in [5.74, 6) is 0. The molecule has 1 aromatic heterocycles. The van der Waals surface area contributed by atoms with Gasteiger partial charge < -0.3 is 5.73 Å². The first-order chi connectivity index (χ1) is 8.34. The molecule has 17 heavy (non-hydrogen) atoms. The maximum absolute atomic E-state index is 5.98. The lowest BCUT2D eigenvalue weighted by Gasteiger charge is -2.26. The minimum atomic E-state index is 0.0804. The number of hydrogen-bond donors (Lipinski definition) is 1. The zero-order valence-electron chi connectivity index (χ0n) is 9.89. The Hall–Kier alpha value is -1.48. The van der Waals surface area contributed by atoms with Crippen molar-refractivity contribution in [2.75, 3.05) is 6.54 Å². The average Bonchev–Trinajstić information content (AvgIpc) is 2.88. The standard InChI is InChI=1S/C14H17N3/c15-10-14(7-3-4-8-14)13-9-16-11-5-1-2-6-12(11)17-13/h1-2,5-6,9H,3-4,7-8,10,15H2. The molecule has 2 N–H and O–H groups in total. The molecule has 1 aromatic carbocycles. The van der Waals surface area contributed by atoms with Gasteiger partial charge in [0.15, 0.2) is 0 Å². The van der Waals surface area contributed by atoms with Gasteiger partial charge in [0.1, 0.15) is 0 Å². The molecule has 3 nitrogen and oxygen atoms in total. The van der Waals surface area contributed by atoms with E-state index in [9.17, 15) is 0 Å². The minimum Gasteiger partial charge on any atom is -0.330 e. The quantitative estimate of drug-likeness (QED) is 0.857. The highest BCUT2D eigenvalue weighted by atomic mass is 14.8. The van der Waals surface area contributed by atoms with Gasteiger partial charge in [-0.05, 0) is 25.0 Å². The summed E-state index contributed by atoms with van der Waals surface area (Å²) in [7, 11) is 0. The Morgan fingerprint density at radius 3 is 2.53 bits per heavy atom. The number of aromatic nitrogens is 2. The summed E-state index contributed by atoms with van der Waals surface area (Å²) in [6.45, 7) is 0.681. The van der Waals surface area contributed by atoms with Crippen molar-refractivity contribution in [3.63, 3.8) is 0 Å². The lowest BCUT2D eigenvalue weighted by molar-refractivity contribution is 0.439. The lowest BCUT2D eigenvalue weighted by Crippen LogP contribution is -2.33. The van der Waals surface area contributed by atoms with Crippen molar-refractivity contribution in [2.24, 2.45) is 5.73 Å². The fourth-order valence-electron chi connectivity index (χ4n) is 2.83. The van der Waals surface area contributed by atoms with Gasteiger partial charge in [-0.1, -0.05) is 25.0 Å². The highest BCUT2D eigenvalue weighted by Gasteiger charge is 2.35. The summed E-state index contributed by atoms with van der Waals surface area (Å²) >= 11 is 0. The SMILES string of the molecule is NCC1(c2cnc3ccccc3n2)CCCC1. The molecule has 88 valence electrons. The minimum absolute atomic E-state index is 0.0804. The second-order valence-electron chi connectivity index (χ2n) is 4.94. The molecule has 0 amide bonds. The van der Waals surface area contributed by atoms with Crippen molar-refractivity contribution in [2.45, 2.75) is 31.1 Å². The summed E-state index contributed by atoms with van der Waals surface area (Å²) in [6, 6.07) is 8.01. The largest absolute Gasteiger partial charge is 0.330 e. The zero-order valence-corrected chi connectivity index (χ0v) is 9.89. The van der Waals surface area contributed by atoms with E-state index >= 15 is 0 Å². The van der Waals surface area contributed by atoms with Crippen LogP contribution in [0.2, 0.25) is 0 Å². The van der Waals surface area contributed by atoms with Crippen LogP contribution in [0.5, 0.6) is 0 Å². The third-order valence-corrected chi connectivity index (χ3v) is 3.94. The summed E-state index contributed by atoms with van der Waals surface area (Å²) in [5, 5.41) is 0. The van der Waals surface area contributed by atoms with Crippen LogP contribution in [0.15, 0.2) is 30.5 Å². The first kappa shape index (κ1) is 10.7. The second kappa shape index (κ2) is 4.08. The molecule has 1 fully saturated rings. The van der Waals surface area contributed by atoms with E-state index in [1.54, 1.807) is 0 Å². The Balaban J connectivity index is 2.10. The molecule has 0 aliphatic heterocycles. The Labute approximate surface area is 101 Å². The van der Waals surface area contributed by atoms with Crippen LogP contribution in [-0.2, 0) is 5.41 Å². The van der Waals surface area contributed by atoms with Crippen molar-refractivity contribution in [1.82, 2.24) is 9.97 Å². The molecule has 1 aliphatic carbocycles. The third-order valence-electron chi connectivity index (χ3n) is 3.94. The highest BCUT2D eigenvalue weighted by molar-refractivity contribution is 5.73. The van der Waals surface area contributed by atoms with Crippen molar-refractivity contribution in [3.8, 4) is 0 Å². The van der Waals surface area contributed by atoms with Gasteiger partial charge in [-0.3, -0.25) is 4.98 Å². The van der Waals surface area contributed by atoms with Crippen molar-refractivity contribution in [3.05, 3.63) is 36.2 Å². The van der Waals surface area contributed by atoms with Crippen molar-refractivity contribution >= 4 is 11.0 Å². The van der Waals surface area contributed by atoms with Crippen LogP contribution >= 0.6 is 0 Å². The third kappa shape index (κ3) is 1.71. The van der Waals surface area contributed by atoms with Gasteiger partial charge in [-0.2, -0.15) is 0 Å². The van der Waals surface area contributed by atoms with E-state index in [4.69, 9.17) is 10.7 Å². The van der Waals surface area contributed by atoms with Gasteiger partial charge in [0, 0.05) is 18.2 Å². The molecule has 2 aromatic rings. The molecular weight excluding hydrogens is 210 g/mol. The Bertz CT molecular complexity index is 530. The highest BCUT2D eigenvalue weighted by Crippen LogP contribution is 2.39. The van der Waals surface area contributed by atoms with E-state index in [2.05, 4.69) is 4.98 Å².